The second-order valence-electron chi connectivity index (χ2n) is 6.46. The van der Waals surface area contributed by atoms with Gasteiger partial charge in [0, 0.05) is 31.7 Å². The molecular weight excluding hydrogens is 324 g/mol. The molecule has 0 aliphatic carbocycles. The third kappa shape index (κ3) is 3.54. The smallest absolute Gasteiger partial charge is 0.303 e. The van der Waals surface area contributed by atoms with Gasteiger partial charge in [-0.25, -0.2) is 0 Å². The molecular formula is C16H22N6O3. The SMILES string of the molecule is CCCn1cc(C(=O)N2C[C@H](CC(=O)O)[C@H](c3cn[nH]n3)C2)c(C)n1. The fraction of sp³-hybridized carbons (Fsp3) is 0.562. The van der Waals surface area contributed by atoms with Gasteiger partial charge in [0.1, 0.15) is 0 Å². The number of aryl methyl sites for hydroxylation is 2. The number of amides is 1. The Labute approximate surface area is 145 Å². The normalized spacial score (nSPS) is 20.2. The lowest BCUT2D eigenvalue weighted by Crippen LogP contribution is -2.29. The second kappa shape index (κ2) is 7.04. The topological polar surface area (TPSA) is 117 Å². The van der Waals surface area contributed by atoms with Crippen LogP contribution in [0.3, 0.4) is 0 Å². The summed E-state index contributed by atoms with van der Waals surface area (Å²) >= 11 is 0. The average molecular weight is 346 g/mol. The predicted octanol–water partition coefficient (Wildman–Crippen LogP) is 1.05. The monoisotopic (exact) mass is 346 g/mol. The van der Waals surface area contributed by atoms with Crippen molar-refractivity contribution in [1.82, 2.24) is 30.1 Å². The van der Waals surface area contributed by atoms with Crippen molar-refractivity contribution in [3.05, 3.63) is 29.3 Å². The average Bonchev–Trinajstić information content (AvgIpc) is 3.26. The van der Waals surface area contributed by atoms with E-state index >= 15 is 0 Å². The molecule has 1 saturated heterocycles. The van der Waals surface area contributed by atoms with E-state index < -0.39 is 5.97 Å². The molecule has 9 nitrogen and oxygen atoms in total. The van der Waals surface area contributed by atoms with Gasteiger partial charge in [0.2, 0.25) is 0 Å². The summed E-state index contributed by atoms with van der Waals surface area (Å²) < 4.78 is 1.78. The van der Waals surface area contributed by atoms with Crippen molar-refractivity contribution in [3.8, 4) is 0 Å². The van der Waals surface area contributed by atoms with Crippen molar-refractivity contribution in [1.29, 1.82) is 0 Å². The number of aromatic nitrogens is 5. The van der Waals surface area contributed by atoms with Gasteiger partial charge in [0.15, 0.2) is 0 Å². The van der Waals surface area contributed by atoms with Gasteiger partial charge in [0.05, 0.1) is 29.6 Å². The maximum Gasteiger partial charge on any atom is 0.303 e. The van der Waals surface area contributed by atoms with Gasteiger partial charge in [0.25, 0.3) is 5.91 Å². The Hall–Kier alpha value is -2.71. The quantitative estimate of drug-likeness (QED) is 0.807. The summed E-state index contributed by atoms with van der Waals surface area (Å²) in [5, 5.41) is 24.0. The van der Waals surface area contributed by atoms with Crippen LogP contribution in [-0.4, -0.2) is 60.2 Å². The zero-order valence-corrected chi connectivity index (χ0v) is 14.3. The first-order valence-corrected chi connectivity index (χ1v) is 8.40. The van der Waals surface area contributed by atoms with Gasteiger partial charge in [-0.1, -0.05) is 6.92 Å². The van der Waals surface area contributed by atoms with Crippen molar-refractivity contribution < 1.29 is 14.7 Å². The minimum Gasteiger partial charge on any atom is -0.481 e. The molecule has 1 aliphatic heterocycles. The summed E-state index contributed by atoms with van der Waals surface area (Å²) in [7, 11) is 0. The van der Waals surface area contributed by atoms with E-state index in [0.717, 1.165) is 13.0 Å². The molecule has 0 bridgehead atoms. The Morgan fingerprint density at radius 2 is 2.20 bits per heavy atom. The number of carbonyl (C=O) groups excluding carboxylic acids is 1. The lowest BCUT2D eigenvalue weighted by molar-refractivity contribution is -0.138. The van der Waals surface area contributed by atoms with Crippen LogP contribution >= 0.6 is 0 Å². The van der Waals surface area contributed by atoms with Crippen LogP contribution < -0.4 is 0 Å². The van der Waals surface area contributed by atoms with Crippen LogP contribution in [0.15, 0.2) is 12.4 Å². The fourth-order valence-electron chi connectivity index (χ4n) is 3.43. The van der Waals surface area contributed by atoms with Gasteiger partial charge in [-0.3, -0.25) is 14.3 Å². The highest BCUT2D eigenvalue weighted by Gasteiger charge is 2.39. The van der Waals surface area contributed by atoms with E-state index in [4.69, 9.17) is 0 Å². The largest absolute Gasteiger partial charge is 0.481 e. The maximum atomic E-state index is 12.9. The summed E-state index contributed by atoms with van der Waals surface area (Å²) in [5.41, 5.74) is 1.96. The maximum absolute atomic E-state index is 12.9. The Bertz CT molecular complexity index is 754. The Morgan fingerprint density at radius 1 is 1.40 bits per heavy atom. The van der Waals surface area contributed by atoms with Crippen molar-refractivity contribution in [2.75, 3.05) is 13.1 Å². The molecule has 9 heteroatoms. The van der Waals surface area contributed by atoms with Crippen LogP contribution in [0, 0.1) is 12.8 Å². The fourth-order valence-corrected chi connectivity index (χ4v) is 3.43. The number of carboxylic acids is 1. The number of likely N-dealkylation sites (tertiary alicyclic amines) is 1. The van der Waals surface area contributed by atoms with Crippen LogP contribution in [0.4, 0.5) is 0 Å². The van der Waals surface area contributed by atoms with Gasteiger partial charge < -0.3 is 10.0 Å². The number of carbonyl (C=O) groups is 2. The van der Waals surface area contributed by atoms with Gasteiger partial charge >= 0.3 is 5.97 Å². The molecule has 0 aromatic carbocycles. The van der Waals surface area contributed by atoms with Crippen molar-refractivity contribution >= 4 is 11.9 Å². The number of aromatic amines is 1. The summed E-state index contributed by atoms with van der Waals surface area (Å²) in [6.45, 7) is 5.46. The molecule has 25 heavy (non-hydrogen) atoms. The van der Waals surface area contributed by atoms with Gasteiger partial charge in [-0.2, -0.15) is 20.5 Å². The summed E-state index contributed by atoms with van der Waals surface area (Å²) in [5.74, 6) is -1.30. The molecule has 0 unspecified atom stereocenters. The molecule has 0 saturated carbocycles. The van der Waals surface area contributed by atoms with E-state index in [0.29, 0.717) is 30.0 Å². The summed E-state index contributed by atoms with van der Waals surface area (Å²) in [6.07, 6.45) is 4.30. The molecule has 2 N–H and O–H groups in total. The molecule has 3 heterocycles. The zero-order chi connectivity index (χ0) is 18.0. The van der Waals surface area contributed by atoms with Crippen LogP contribution in [0.1, 0.15) is 47.4 Å². The molecule has 1 fully saturated rings. The molecule has 3 rings (SSSR count). The first-order valence-electron chi connectivity index (χ1n) is 8.40. The number of hydrogen-bond acceptors (Lipinski definition) is 5. The number of nitrogens with one attached hydrogen (secondary N) is 1. The molecule has 2 atom stereocenters. The van der Waals surface area contributed by atoms with Crippen molar-refractivity contribution in [2.24, 2.45) is 5.92 Å². The molecule has 2 aromatic heterocycles. The van der Waals surface area contributed by atoms with Crippen molar-refractivity contribution in [3.63, 3.8) is 0 Å². The van der Waals surface area contributed by atoms with Crippen LogP contribution in [0.25, 0.3) is 0 Å². The van der Waals surface area contributed by atoms with E-state index in [1.165, 1.54) is 0 Å². The highest BCUT2D eigenvalue weighted by molar-refractivity contribution is 5.95. The Morgan fingerprint density at radius 3 is 2.84 bits per heavy atom. The second-order valence-corrected chi connectivity index (χ2v) is 6.46. The molecule has 1 amide bonds. The number of nitrogens with zero attached hydrogens (tertiary/aromatic N) is 5. The Balaban J connectivity index is 1.80. The molecule has 2 aromatic rings. The zero-order valence-electron chi connectivity index (χ0n) is 14.3. The van der Waals surface area contributed by atoms with E-state index in [9.17, 15) is 14.7 Å². The lowest BCUT2D eigenvalue weighted by atomic mass is 9.91. The molecule has 0 spiro atoms. The third-order valence-electron chi connectivity index (χ3n) is 4.61. The number of aliphatic carboxylic acids is 1. The highest BCUT2D eigenvalue weighted by Crippen LogP contribution is 2.34. The third-order valence-corrected chi connectivity index (χ3v) is 4.61. The van der Waals surface area contributed by atoms with Crippen LogP contribution in [0.5, 0.6) is 0 Å². The number of rotatable bonds is 6. The van der Waals surface area contributed by atoms with E-state index in [-0.39, 0.29) is 24.2 Å². The van der Waals surface area contributed by atoms with Crippen molar-refractivity contribution in [2.45, 2.75) is 39.2 Å². The van der Waals surface area contributed by atoms with Gasteiger partial charge in [-0.05, 0) is 19.3 Å². The van der Waals surface area contributed by atoms with E-state index in [2.05, 4.69) is 27.4 Å². The molecule has 1 aliphatic rings. The minimum absolute atomic E-state index is 0.00458. The first-order chi connectivity index (χ1) is 12.0. The molecule has 0 radical (unpaired) electrons. The predicted molar refractivity (Wildman–Crippen MR) is 88.0 cm³/mol. The lowest BCUT2D eigenvalue weighted by Gasteiger charge is -2.15. The minimum atomic E-state index is -0.875. The summed E-state index contributed by atoms with van der Waals surface area (Å²) in [4.78, 5) is 25.8. The first kappa shape index (κ1) is 17.1. The number of H-pyrrole nitrogens is 1. The summed E-state index contributed by atoms with van der Waals surface area (Å²) in [6, 6.07) is 0. The highest BCUT2D eigenvalue weighted by atomic mass is 16.4. The number of hydrogen-bond donors (Lipinski definition) is 2. The number of carboxylic acid groups (broad SMARTS) is 1. The molecule has 134 valence electrons. The van der Waals surface area contributed by atoms with Crippen LogP contribution in [0.2, 0.25) is 0 Å². The van der Waals surface area contributed by atoms with Crippen LogP contribution in [-0.2, 0) is 11.3 Å². The van der Waals surface area contributed by atoms with E-state index in [1.807, 2.05) is 6.92 Å². The standard InChI is InChI=1S/C16H22N6O3/c1-3-4-22-9-12(10(2)19-22)16(25)21-7-11(5-15(23)24)13(8-21)14-6-17-20-18-14/h6,9,11,13H,3-5,7-8H2,1-2H3,(H,23,24)(H,17,18,20)/t11-,13+/m0/s1. The Kier molecular flexibility index (Phi) is 4.82. The van der Waals surface area contributed by atoms with E-state index in [1.54, 1.807) is 22.0 Å². The van der Waals surface area contributed by atoms with Gasteiger partial charge in [-0.15, -0.1) is 0 Å².